The third kappa shape index (κ3) is 8.45. The van der Waals surface area contributed by atoms with Crippen molar-refractivity contribution in [1.29, 1.82) is 10.5 Å². The number of fused-ring (bicyclic) bond motifs is 2. The number of nitrogen functional groups attached to an aromatic ring is 2. The molecule has 1 fully saturated rings. The van der Waals surface area contributed by atoms with E-state index in [-0.39, 0.29) is 0 Å². The van der Waals surface area contributed by atoms with Crippen LogP contribution in [0.5, 0.6) is 0 Å². The molecule has 5 heterocycles. The lowest BCUT2D eigenvalue weighted by atomic mass is 9.79. The average Bonchev–Trinajstić information content (AvgIpc) is 3.90. The van der Waals surface area contributed by atoms with Gasteiger partial charge in [-0.2, -0.15) is 20.7 Å². The lowest BCUT2D eigenvalue weighted by molar-refractivity contribution is 0.00578. The van der Waals surface area contributed by atoms with Crippen LogP contribution >= 0.6 is 15.9 Å². The van der Waals surface area contributed by atoms with Gasteiger partial charge in [-0.25, -0.2) is 19.3 Å². The first-order valence-corrected chi connectivity index (χ1v) is 19.1. The van der Waals surface area contributed by atoms with Crippen LogP contribution in [-0.2, 0) is 9.31 Å². The fourth-order valence-corrected chi connectivity index (χ4v) is 6.57. The number of hydrogen-bond acceptors (Lipinski definition) is 10. The summed E-state index contributed by atoms with van der Waals surface area (Å²) < 4.78 is 16.8. The van der Waals surface area contributed by atoms with Crippen molar-refractivity contribution < 1.29 is 9.31 Å². The van der Waals surface area contributed by atoms with Gasteiger partial charge in [0.15, 0.2) is 11.6 Å². The van der Waals surface area contributed by atoms with Crippen LogP contribution in [-0.4, -0.2) is 47.8 Å². The molecule has 0 amide bonds. The van der Waals surface area contributed by atoms with Crippen LogP contribution in [0.15, 0.2) is 138 Å². The predicted octanol–water partition coefficient (Wildman–Crippen LogP) is 8.16. The first kappa shape index (κ1) is 39.4. The lowest BCUT2D eigenvalue weighted by Crippen LogP contribution is -2.41. The van der Waals surface area contributed by atoms with E-state index in [0.29, 0.717) is 23.0 Å². The Bertz CT molecular complexity index is 2820. The van der Waals surface area contributed by atoms with Crippen molar-refractivity contribution in [3.8, 4) is 34.9 Å². The average molecular weight is 830 g/mol. The van der Waals surface area contributed by atoms with Gasteiger partial charge in [0.2, 0.25) is 0 Å². The summed E-state index contributed by atoms with van der Waals surface area (Å²) in [5.41, 5.74) is 17.6. The Morgan fingerprint density at radius 3 is 1.62 bits per heavy atom. The maximum atomic E-state index is 9.08. The summed E-state index contributed by atoms with van der Waals surface area (Å²) in [6.07, 6.45) is 3.57. The fraction of sp³-hybridized carbons (Fsp3) is 0.136. The van der Waals surface area contributed by atoms with E-state index in [0.717, 1.165) is 54.2 Å². The molecule has 0 radical (unpaired) electrons. The molecule has 14 heteroatoms. The maximum Gasteiger partial charge on any atom is 0.494 e. The zero-order chi connectivity index (χ0) is 41.0. The molecule has 1 saturated heterocycles. The quantitative estimate of drug-likeness (QED) is 0.130. The number of benzene rings is 4. The molecule has 4 N–H and O–H groups in total. The SMILES string of the molecule is CC1(C)OB(c2ccc3cnn(-c4cccc(C#N)n4)c3c2)OC1(C)C.N#Cc1cccc(-n2ncc3ccc(-c4cccc(N)c4)cc32)n1.Nc1cccc(Br)c1. The van der Waals surface area contributed by atoms with Gasteiger partial charge in [0.1, 0.15) is 23.5 Å². The molecule has 9 rings (SSSR count). The monoisotopic (exact) mass is 828 g/mol. The highest BCUT2D eigenvalue weighted by Gasteiger charge is 2.51. The van der Waals surface area contributed by atoms with Gasteiger partial charge in [-0.3, -0.25) is 0 Å². The second-order valence-corrected chi connectivity index (χ2v) is 15.4. The molecule has 12 nitrogen and oxygen atoms in total. The number of nitrogens with two attached hydrogens (primary N) is 2. The smallest absolute Gasteiger partial charge is 0.399 e. The van der Waals surface area contributed by atoms with Crippen LogP contribution in [0.1, 0.15) is 39.1 Å². The molecular weight excluding hydrogens is 791 g/mol. The summed E-state index contributed by atoms with van der Waals surface area (Å²) in [6.45, 7) is 8.14. The van der Waals surface area contributed by atoms with Crippen LogP contribution < -0.4 is 16.9 Å². The molecule has 0 unspecified atom stereocenters. The zero-order valence-electron chi connectivity index (χ0n) is 32.2. The number of pyridine rings is 2. The Balaban J connectivity index is 0.000000149. The summed E-state index contributed by atoms with van der Waals surface area (Å²) in [6, 6.07) is 42.1. The molecule has 0 saturated carbocycles. The molecule has 1 aliphatic heterocycles. The third-order valence-electron chi connectivity index (χ3n) is 9.89. The molecule has 286 valence electrons. The Labute approximate surface area is 344 Å². The minimum absolute atomic E-state index is 0.355. The molecule has 0 atom stereocenters. The Morgan fingerprint density at radius 2 is 1.10 bits per heavy atom. The van der Waals surface area contributed by atoms with Crippen molar-refractivity contribution in [3.63, 3.8) is 0 Å². The fourth-order valence-electron chi connectivity index (χ4n) is 6.16. The highest BCUT2D eigenvalue weighted by Crippen LogP contribution is 2.36. The van der Waals surface area contributed by atoms with E-state index in [2.05, 4.69) is 54.3 Å². The van der Waals surface area contributed by atoms with Crippen molar-refractivity contribution >= 4 is 61.7 Å². The van der Waals surface area contributed by atoms with Crippen LogP contribution in [0.2, 0.25) is 0 Å². The largest absolute Gasteiger partial charge is 0.494 e. The van der Waals surface area contributed by atoms with Gasteiger partial charge in [-0.05, 0) is 111 Å². The molecule has 4 aromatic heterocycles. The number of anilines is 2. The second kappa shape index (κ2) is 16.3. The summed E-state index contributed by atoms with van der Waals surface area (Å²) in [7, 11) is -0.439. The first-order valence-electron chi connectivity index (χ1n) is 18.3. The molecule has 0 bridgehead atoms. The highest BCUT2D eigenvalue weighted by atomic mass is 79.9. The van der Waals surface area contributed by atoms with Crippen molar-refractivity contribution in [2.45, 2.75) is 38.9 Å². The number of halogens is 1. The van der Waals surface area contributed by atoms with Gasteiger partial charge in [0.05, 0.1) is 34.6 Å². The van der Waals surface area contributed by atoms with Crippen molar-refractivity contribution in [2.24, 2.45) is 0 Å². The summed E-state index contributed by atoms with van der Waals surface area (Å²) >= 11 is 3.28. The second-order valence-electron chi connectivity index (χ2n) is 14.5. The number of nitriles is 2. The van der Waals surface area contributed by atoms with Crippen molar-refractivity contribution in [2.75, 3.05) is 11.5 Å². The standard InChI is InChI=1S/C19H19BN4O2.C19H13N5.C6H6BrN/c1-18(2)19(3,4)26-20(25-18)14-9-8-13-12-22-24(16(13)10-14)17-7-5-6-15(11-21)23-17;20-11-17-5-2-6-19(23-17)24-18-10-14(7-8-15(18)12-22-24)13-3-1-4-16(21)9-13;7-5-2-1-3-6(8)4-5/h5-10,12H,1-4H3;1-10,12H,21H2;1-4H,8H2. The van der Waals surface area contributed by atoms with Gasteiger partial charge in [-0.1, -0.05) is 70.5 Å². The van der Waals surface area contributed by atoms with Crippen molar-refractivity contribution in [3.05, 3.63) is 150 Å². The molecule has 8 aromatic rings. The lowest BCUT2D eigenvalue weighted by Gasteiger charge is -2.32. The summed E-state index contributed by atoms with van der Waals surface area (Å²) in [5, 5.41) is 29.0. The highest BCUT2D eigenvalue weighted by molar-refractivity contribution is 9.10. The Morgan fingerprint density at radius 1 is 0.603 bits per heavy atom. The predicted molar refractivity (Wildman–Crippen MR) is 231 cm³/mol. The third-order valence-corrected chi connectivity index (χ3v) is 10.4. The molecule has 0 aliphatic carbocycles. The number of hydrogen-bond donors (Lipinski definition) is 2. The normalized spacial score (nSPS) is 13.8. The number of rotatable bonds is 4. The minimum Gasteiger partial charge on any atom is -0.399 e. The number of nitrogens with zero attached hydrogens (tertiary/aromatic N) is 8. The van der Waals surface area contributed by atoms with Gasteiger partial charge in [-0.15, -0.1) is 0 Å². The summed E-state index contributed by atoms with van der Waals surface area (Å²) in [5.74, 6) is 1.22. The van der Waals surface area contributed by atoms with Gasteiger partial charge in [0.25, 0.3) is 0 Å². The summed E-state index contributed by atoms with van der Waals surface area (Å²) in [4.78, 5) is 8.65. The van der Waals surface area contributed by atoms with Gasteiger partial charge >= 0.3 is 7.12 Å². The topological polar surface area (TPSA) is 180 Å². The van der Waals surface area contributed by atoms with E-state index < -0.39 is 18.3 Å². The van der Waals surface area contributed by atoms with Crippen molar-refractivity contribution in [1.82, 2.24) is 29.5 Å². The van der Waals surface area contributed by atoms with E-state index in [4.69, 9.17) is 31.3 Å². The Hall–Kier alpha value is -6.84. The Kier molecular flexibility index (Phi) is 11.1. The zero-order valence-corrected chi connectivity index (χ0v) is 33.8. The van der Waals surface area contributed by atoms with Gasteiger partial charge in [0, 0.05) is 26.6 Å². The van der Waals surface area contributed by atoms with Crippen LogP contribution in [0.25, 0.3) is 44.6 Å². The molecule has 1 aliphatic rings. The maximum absolute atomic E-state index is 9.08. The molecule has 4 aromatic carbocycles. The molecule has 58 heavy (non-hydrogen) atoms. The van der Waals surface area contributed by atoms with Crippen LogP contribution in [0.3, 0.4) is 0 Å². The first-order chi connectivity index (χ1) is 27.8. The minimum atomic E-state index is -0.439. The van der Waals surface area contributed by atoms with E-state index in [1.165, 1.54) is 0 Å². The van der Waals surface area contributed by atoms with E-state index >= 15 is 0 Å². The van der Waals surface area contributed by atoms with Crippen LogP contribution in [0, 0.1) is 22.7 Å². The molecular formula is C44H38BBrN10O2. The van der Waals surface area contributed by atoms with Crippen LogP contribution in [0.4, 0.5) is 11.4 Å². The van der Waals surface area contributed by atoms with E-state index in [1.54, 1.807) is 46.0 Å². The van der Waals surface area contributed by atoms with Gasteiger partial charge < -0.3 is 20.8 Å². The van der Waals surface area contributed by atoms with E-state index in [9.17, 15) is 0 Å². The van der Waals surface area contributed by atoms with E-state index in [1.807, 2.05) is 119 Å². The number of aromatic nitrogens is 6. The molecule has 0 spiro atoms.